The largest absolute Gasteiger partial charge is 0.468 e. The van der Waals surface area contributed by atoms with E-state index in [0.29, 0.717) is 16.9 Å². The van der Waals surface area contributed by atoms with Crippen LogP contribution >= 0.6 is 11.6 Å². The summed E-state index contributed by atoms with van der Waals surface area (Å²) in [4.78, 5) is 22.2. The van der Waals surface area contributed by atoms with Gasteiger partial charge in [0.2, 0.25) is 10.0 Å². The van der Waals surface area contributed by atoms with Crippen molar-refractivity contribution in [2.24, 2.45) is 0 Å². The number of nitrogens with one attached hydrogen (secondary N) is 1. The predicted molar refractivity (Wildman–Crippen MR) is 118 cm³/mol. The number of benzene rings is 2. The average Bonchev–Trinajstić information content (AvgIpc) is 3.28. The van der Waals surface area contributed by atoms with Gasteiger partial charge in [-0.25, -0.2) is 8.42 Å². The zero-order chi connectivity index (χ0) is 23.5. The summed E-state index contributed by atoms with van der Waals surface area (Å²) in [6.45, 7) is 1.29. The first-order valence-corrected chi connectivity index (χ1v) is 11.2. The molecule has 1 aromatic heterocycles. The molecule has 0 radical (unpaired) electrons. The highest BCUT2D eigenvalue weighted by molar-refractivity contribution is 7.89. The number of hydrogen-bond donors (Lipinski definition) is 1. The quantitative estimate of drug-likeness (QED) is 0.387. The van der Waals surface area contributed by atoms with E-state index in [0.717, 1.165) is 10.4 Å². The zero-order valence-electron chi connectivity index (χ0n) is 17.2. The van der Waals surface area contributed by atoms with Crippen LogP contribution in [0.1, 0.15) is 27.2 Å². The van der Waals surface area contributed by atoms with E-state index in [9.17, 15) is 23.3 Å². The summed E-state index contributed by atoms with van der Waals surface area (Å²) in [5.41, 5.74) is 0.833. The molecule has 0 saturated carbocycles. The Labute approximate surface area is 189 Å². The fourth-order valence-corrected chi connectivity index (χ4v) is 4.76. The lowest BCUT2D eigenvalue weighted by Gasteiger charge is -2.22. The second-order valence-corrected chi connectivity index (χ2v) is 9.28. The third-order valence-corrected chi connectivity index (χ3v) is 7.00. The SMILES string of the molecule is CNC(=O)c1ccc(CN(Cc2ccco2)S(=O)(=O)c2cc(Cl)c(C)c([N+](=O)[O-])c2)cc1. The maximum atomic E-state index is 13.5. The van der Waals surface area contributed by atoms with Crippen LogP contribution in [-0.4, -0.2) is 30.6 Å². The number of nitrogens with zero attached hydrogens (tertiary/aromatic N) is 2. The molecule has 168 valence electrons. The molecule has 3 rings (SSSR count). The molecule has 0 bridgehead atoms. The van der Waals surface area contributed by atoms with E-state index in [-0.39, 0.29) is 40.2 Å². The Bertz CT molecular complexity index is 1240. The first-order chi connectivity index (χ1) is 15.1. The molecule has 0 aliphatic rings. The Balaban J connectivity index is 2.01. The average molecular weight is 478 g/mol. The maximum absolute atomic E-state index is 13.5. The molecule has 0 saturated heterocycles. The highest BCUT2D eigenvalue weighted by Gasteiger charge is 2.29. The van der Waals surface area contributed by atoms with Gasteiger partial charge in [-0.2, -0.15) is 4.31 Å². The van der Waals surface area contributed by atoms with E-state index in [1.54, 1.807) is 36.4 Å². The summed E-state index contributed by atoms with van der Waals surface area (Å²) in [6.07, 6.45) is 1.42. The molecule has 0 aliphatic carbocycles. The number of furan rings is 1. The van der Waals surface area contributed by atoms with Crippen LogP contribution in [0.5, 0.6) is 0 Å². The van der Waals surface area contributed by atoms with Gasteiger partial charge in [-0.1, -0.05) is 23.7 Å². The van der Waals surface area contributed by atoms with Crippen LogP contribution in [0.3, 0.4) is 0 Å². The van der Waals surface area contributed by atoms with Crippen molar-refractivity contribution >= 4 is 33.2 Å². The van der Waals surface area contributed by atoms with Gasteiger partial charge in [-0.05, 0) is 42.8 Å². The fourth-order valence-electron chi connectivity index (χ4n) is 3.04. The van der Waals surface area contributed by atoms with Crippen LogP contribution in [0.2, 0.25) is 5.02 Å². The van der Waals surface area contributed by atoms with Crippen LogP contribution in [0.25, 0.3) is 0 Å². The van der Waals surface area contributed by atoms with Crippen LogP contribution in [0, 0.1) is 17.0 Å². The summed E-state index contributed by atoms with van der Waals surface area (Å²) in [7, 11) is -2.68. The van der Waals surface area contributed by atoms with Gasteiger partial charge in [-0.15, -0.1) is 0 Å². The second kappa shape index (κ2) is 9.51. The maximum Gasteiger partial charge on any atom is 0.275 e. The normalized spacial score (nSPS) is 11.5. The van der Waals surface area contributed by atoms with E-state index >= 15 is 0 Å². The van der Waals surface area contributed by atoms with E-state index in [1.165, 1.54) is 26.3 Å². The monoisotopic (exact) mass is 477 g/mol. The molecule has 0 atom stereocenters. The number of halogens is 1. The molecule has 2 aromatic carbocycles. The molecular weight excluding hydrogens is 458 g/mol. The van der Waals surface area contributed by atoms with Gasteiger partial charge < -0.3 is 9.73 Å². The summed E-state index contributed by atoms with van der Waals surface area (Å²) >= 11 is 6.09. The Kier molecular flexibility index (Phi) is 6.97. The summed E-state index contributed by atoms with van der Waals surface area (Å²) in [6, 6.07) is 11.9. The third kappa shape index (κ3) is 4.98. The molecule has 1 N–H and O–H groups in total. The van der Waals surface area contributed by atoms with Gasteiger partial charge in [0, 0.05) is 30.8 Å². The van der Waals surface area contributed by atoms with Crippen molar-refractivity contribution in [2.75, 3.05) is 7.05 Å². The molecule has 1 amide bonds. The standard InChI is InChI=1S/C21H20ClN3O6S/c1-14-19(22)10-18(11-20(14)25(27)28)32(29,30)24(13-17-4-3-9-31-17)12-15-5-7-16(8-6-15)21(26)23-2/h3-11H,12-13H2,1-2H3,(H,23,26). The lowest BCUT2D eigenvalue weighted by atomic mass is 10.1. The number of carbonyl (C=O) groups excluding carboxylic acids is 1. The summed E-state index contributed by atoms with van der Waals surface area (Å²) < 4.78 is 33.4. The van der Waals surface area contributed by atoms with Crippen molar-refractivity contribution in [3.05, 3.63) is 92.4 Å². The van der Waals surface area contributed by atoms with Crippen LogP contribution in [0.15, 0.2) is 64.1 Å². The highest BCUT2D eigenvalue weighted by atomic mass is 35.5. The van der Waals surface area contributed by atoms with Crippen LogP contribution in [-0.2, 0) is 23.1 Å². The number of nitro groups is 1. The number of rotatable bonds is 8. The highest BCUT2D eigenvalue weighted by Crippen LogP contribution is 2.32. The number of nitro benzene ring substituents is 1. The zero-order valence-corrected chi connectivity index (χ0v) is 18.8. The van der Waals surface area contributed by atoms with Crippen molar-refractivity contribution in [1.29, 1.82) is 0 Å². The van der Waals surface area contributed by atoms with Crippen LogP contribution < -0.4 is 5.32 Å². The van der Waals surface area contributed by atoms with Gasteiger partial charge >= 0.3 is 0 Å². The predicted octanol–water partition coefficient (Wildman–Crippen LogP) is 3.90. The van der Waals surface area contributed by atoms with Crippen molar-refractivity contribution in [3.8, 4) is 0 Å². The molecule has 0 aliphatic heterocycles. The minimum Gasteiger partial charge on any atom is -0.468 e. The molecule has 9 nitrogen and oxygen atoms in total. The Morgan fingerprint density at radius 1 is 1.19 bits per heavy atom. The fraction of sp³-hybridized carbons (Fsp3) is 0.190. The van der Waals surface area contributed by atoms with Crippen LogP contribution in [0.4, 0.5) is 5.69 Å². The number of carbonyl (C=O) groups is 1. The molecule has 32 heavy (non-hydrogen) atoms. The van der Waals surface area contributed by atoms with E-state index in [1.807, 2.05) is 0 Å². The van der Waals surface area contributed by atoms with Gasteiger partial charge in [0.1, 0.15) is 5.76 Å². The minimum atomic E-state index is -4.20. The van der Waals surface area contributed by atoms with Crippen molar-refractivity contribution in [1.82, 2.24) is 9.62 Å². The van der Waals surface area contributed by atoms with E-state index in [2.05, 4.69) is 5.32 Å². The van der Waals surface area contributed by atoms with Gasteiger partial charge in [0.25, 0.3) is 11.6 Å². The second-order valence-electron chi connectivity index (χ2n) is 6.93. The van der Waals surface area contributed by atoms with E-state index in [4.69, 9.17) is 16.0 Å². The number of hydrogen-bond acceptors (Lipinski definition) is 6. The third-order valence-electron chi connectivity index (χ3n) is 4.84. The molecule has 1 heterocycles. The molecule has 0 spiro atoms. The Morgan fingerprint density at radius 3 is 2.44 bits per heavy atom. The molecule has 11 heteroatoms. The summed E-state index contributed by atoms with van der Waals surface area (Å²) in [5.74, 6) is 0.126. The van der Waals surface area contributed by atoms with Crippen molar-refractivity contribution < 1.29 is 22.6 Å². The molecule has 0 unspecified atom stereocenters. The first-order valence-electron chi connectivity index (χ1n) is 9.41. The minimum absolute atomic E-state index is 0.0225. The Morgan fingerprint density at radius 2 is 1.88 bits per heavy atom. The van der Waals surface area contributed by atoms with Gasteiger partial charge in [0.15, 0.2) is 0 Å². The van der Waals surface area contributed by atoms with Crippen molar-refractivity contribution in [3.63, 3.8) is 0 Å². The molecule has 3 aromatic rings. The number of sulfonamides is 1. The smallest absolute Gasteiger partial charge is 0.275 e. The lowest BCUT2D eigenvalue weighted by molar-refractivity contribution is -0.385. The molecular formula is C21H20ClN3O6S. The number of amides is 1. The first kappa shape index (κ1) is 23.5. The lowest BCUT2D eigenvalue weighted by Crippen LogP contribution is -2.30. The topological polar surface area (TPSA) is 123 Å². The van der Waals surface area contributed by atoms with Crippen molar-refractivity contribution in [2.45, 2.75) is 24.9 Å². The Hall–Kier alpha value is -3.21. The van der Waals surface area contributed by atoms with Gasteiger partial charge in [-0.3, -0.25) is 14.9 Å². The van der Waals surface area contributed by atoms with E-state index < -0.39 is 14.9 Å². The summed E-state index contributed by atoms with van der Waals surface area (Å²) in [5, 5.41) is 13.9. The van der Waals surface area contributed by atoms with Gasteiger partial charge in [0.05, 0.1) is 27.6 Å². The molecule has 0 fully saturated rings.